The van der Waals surface area contributed by atoms with Gasteiger partial charge in [-0.15, -0.1) is 10.2 Å². The highest BCUT2D eigenvalue weighted by molar-refractivity contribution is 9.10. The summed E-state index contributed by atoms with van der Waals surface area (Å²) in [5.74, 6) is 0.725. The molecule has 0 radical (unpaired) electrons. The van der Waals surface area contributed by atoms with Gasteiger partial charge in [-0.2, -0.15) is 0 Å². The van der Waals surface area contributed by atoms with Crippen LogP contribution in [0.25, 0.3) is 0 Å². The van der Waals surface area contributed by atoms with E-state index in [1.54, 1.807) is 7.05 Å². The topological polar surface area (TPSA) is 78.8 Å². The van der Waals surface area contributed by atoms with Gasteiger partial charge in [-0.3, -0.25) is 0 Å². The maximum Gasteiger partial charge on any atom is 0.328 e. The predicted octanol–water partition coefficient (Wildman–Crippen LogP) is 3.40. The third-order valence-electron chi connectivity index (χ3n) is 3.64. The first kappa shape index (κ1) is 18.6. The Morgan fingerprint density at radius 3 is 2.72 bits per heavy atom. The van der Waals surface area contributed by atoms with Gasteiger partial charge in [0.15, 0.2) is 17.3 Å². The van der Waals surface area contributed by atoms with E-state index in [0.717, 1.165) is 15.6 Å². The van der Waals surface area contributed by atoms with Gasteiger partial charge < -0.3 is 14.7 Å². The van der Waals surface area contributed by atoms with Crippen LogP contribution in [0.4, 0.5) is 9.93 Å². The summed E-state index contributed by atoms with van der Waals surface area (Å²) in [7, 11) is 1.64. The number of β-amino-alcohol motifs (C(OH)–C–C–N with tert-alkyl or cyclic N) is 1. The molecule has 10 heteroatoms. The highest BCUT2D eigenvalue weighted by atomic mass is 79.9. The first-order valence-electron chi connectivity index (χ1n) is 7.53. The van der Waals surface area contributed by atoms with Crippen LogP contribution < -0.4 is 9.64 Å². The zero-order valence-electron chi connectivity index (χ0n) is 13.3. The Labute approximate surface area is 165 Å². The minimum Gasteiger partial charge on any atom is -0.483 e. The lowest BCUT2D eigenvalue weighted by molar-refractivity contribution is 0.183. The van der Waals surface area contributed by atoms with E-state index in [1.807, 2.05) is 24.3 Å². The number of carbonyl (C=O) groups excluding carboxylic acids is 1. The normalized spacial score (nSPS) is 18.7. The van der Waals surface area contributed by atoms with E-state index >= 15 is 0 Å². The third kappa shape index (κ3) is 4.13. The number of benzene rings is 1. The van der Waals surface area contributed by atoms with Crippen LogP contribution in [0.2, 0.25) is 0 Å². The predicted molar refractivity (Wildman–Crippen MR) is 102 cm³/mol. The van der Waals surface area contributed by atoms with Crippen molar-refractivity contribution in [2.75, 3.05) is 23.8 Å². The van der Waals surface area contributed by atoms with Crippen LogP contribution in [-0.4, -0.2) is 51.4 Å². The Bertz CT molecular complexity index is 743. The van der Waals surface area contributed by atoms with Gasteiger partial charge in [-0.1, -0.05) is 43.2 Å². The molecule has 1 aromatic heterocycles. The molecule has 1 fully saturated rings. The number of aliphatic hydroxyl groups is 1. The summed E-state index contributed by atoms with van der Waals surface area (Å²) < 4.78 is 7.00. The molecule has 0 saturated carbocycles. The fourth-order valence-corrected chi connectivity index (χ4v) is 4.01. The molecule has 0 aliphatic carbocycles. The van der Waals surface area contributed by atoms with Crippen LogP contribution in [-0.2, 0) is 0 Å². The first-order chi connectivity index (χ1) is 12.0. The number of anilines is 1. The second-order valence-electron chi connectivity index (χ2n) is 5.47. The number of halogens is 2. The van der Waals surface area contributed by atoms with Crippen molar-refractivity contribution in [1.82, 2.24) is 15.1 Å². The lowest BCUT2D eigenvalue weighted by atomic mass is 10.3. The molecular formula is C15H16Br2N4O3S. The number of carbonyl (C=O) groups is 1. The average Bonchev–Trinajstić information content (AvgIpc) is 3.14. The van der Waals surface area contributed by atoms with E-state index in [-0.39, 0.29) is 18.7 Å². The molecule has 1 aliphatic rings. The van der Waals surface area contributed by atoms with Crippen molar-refractivity contribution in [3.8, 4) is 5.75 Å². The number of hydrogen-bond acceptors (Lipinski definition) is 6. The summed E-state index contributed by atoms with van der Waals surface area (Å²) in [6, 6.07) is 7.26. The molecule has 2 aromatic rings. The Hall–Kier alpha value is -1.23. The van der Waals surface area contributed by atoms with Crippen LogP contribution in [0.3, 0.4) is 0 Å². The molecule has 2 heterocycles. The molecule has 0 bridgehead atoms. The zero-order valence-corrected chi connectivity index (χ0v) is 17.3. The smallest absolute Gasteiger partial charge is 0.328 e. The third-order valence-corrected chi connectivity index (χ3v) is 5.64. The van der Waals surface area contributed by atoms with Gasteiger partial charge in [0, 0.05) is 23.3 Å². The average molecular weight is 492 g/mol. The molecule has 25 heavy (non-hydrogen) atoms. The van der Waals surface area contributed by atoms with Crippen LogP contribution >= 0.6 is 43.2 Å². The number of rotatable bonds is 6. The summed E-state index contributed by atoms with van der Waals surface area (Å²) in [6.45, 7) is 0.244. The zero-order chi connectivity index (χ0) is 18.0. The number of likely N-dealkylation sites (N-methyl/N-ethyl adjacent to an activating group) is 1. The molecule has 7 nitrogen and oxygen atoms in total. The monoisotopic (exact) mass is 490 g/mol. The van der Waals surface area contributed by atoms with E-state index < -0.39 is 6.23 Å². The van der Waals surface area contributed by atoms with E-state index in [1.165, 1.54) is 21.1 Å². The van der Waals surface area contributed by atoms with Crippen molar-refractivity contribution in [3.05, 3.63) is 33.7 Å². The number of urea groups is 1. The Morgan fingerprint density at radius 2 is 2.12 bits per heavy atom. The van der Waals surface area contributed by atoms with E-state index in [2.05, 4.69) is 42.1 Å². The van der Waals surface area contributed by atoms with Crippen LogP contribution in [0.15, 0.2) is 28.7 Å². The van der Waals surface area contributed by atoms with Crippen molar-refractivity contribution >= 4 is 54.4 Å². The van der Waals surface area contributed by atoms with Gasteiger partial charge in [0.25, 0.3) is 0 Å². The van der Waals surface area contributed by atoms with Gasteiger partial charge in [0.2, 0.25) is 5.13 Å². The van der Waals surface area contributed by atoms with Crippen molar-refractivity contribution in [1.29, 1.82) is 0 Å². The van der Waals surface area contributed by atoms with Gasteiger partial charge >= 0.3 is 6.03 Å². The largest absolute Gasteiger partial charge is 0.483 e. The summed E-state index contributed by atoms with van der Waals surface area (Å²) in [5.41, 5.74) is 0. The molecule has 0 spiro atoms. The Balaban J connectivity index is 1.80. The van der Waals surface area contributed by atoms with Crippen LogP contribution in [0.1, 0.15) is 17.5 Å². The lowest BCUT2D eigenvalue weighted by Crippen LogP contribution is -2.34. The van der Waals surface area contributed by atoms with Gasteiger partial charge in [-0.05, 0) is 24.3 Å². The number of hydrogen-bond donors (Lipinski definition) is 1. The molecule has 1 aliphatic heterocycles. The molecule has 134 valence electrons. The molecule has 2 atom stereocenters. The summed E-state index contributed by atoms with van der Waals surface area (Å²) in [5, 5.41) is 20.1. The number of nitrogens with zero attached hydrogens (tertiary/aromatic N) is 4. The SMILES string of the molecule is CN1CC(O)N(c2nnc(C(CCBr)Oc3ccc(Br)cc3)s2)C1=O. The fraction of sp³-hybridized carbons (Fsp3) is 0.400. The first-order valence-corrected chi connectivity index (χ1v) is 10.3. The number of aromatic nitrogens is 2. The molecule has 2 amide bonds. The number of amides is 2. The summed E-state index contributed by atoms with van der Waals surface area (Å²) >= 11 is 8.08. The van der Waals surface area contributed by atoms with Crippen molar-refractivity contribution < 1.29 is 14.6 Å². The highest BCUT2D eigenvalue weighted by Gasteiger charge is 2.37. The van der Waals surface area contributed by atoms with E-state index in [0.29, 0.717) is 16.6 Å². The Kier molecular flexibility index (Phi) is 5.92. The summed E-state index contributed by atoms with van der Waals surface area (Å²) in [6.07, 6.45) is -0.513. The molecule has 2 unspecified atom stereocenters. The second-order valence-corrected chi connectivity index (χ2v) is 8.17. The fourth-order valence-electron chi connectivity index (χ4n) is 2.39. The lowest BCUT2D eigenvalue weighted by Gasteiger charge is -2.16. The van der Waals surface area contributed by atoms with Gasteiger partial charge in [0.1, 0.15) is 5.75 Å². The minimum absolute atomic E-state index is 0.244. The summed E-state index contributed by atoms with van der Waals surface area (Å²) in [4.78, 5) is 14.8. The maximum atomic E-state index is 12.1. The number of alkyl halides is 1. The number of aliphatic hydroxyl groups excluding tert-OH is 1. The number of ether oxygens (including phenoxy) is 1. The highest BCUT2D eigenvalue weighted by Crippen LogP contribution is 2.33. The van der Waals surface area contributed by atoms with E-state index in [4.69, 9.17) is 4.74 Å². The maximum absolute atomic E-state index is 12.1. The molecule has 1 N–H and O–H groups in total. The second kappa shape index (κ2) is 7.98. The van der Waals surface area contributed by atoms with Crippen molar-refractivity contribution in [3.63, 3.8) is 0 Å². The van der Waals surface area contributed by atoms with Crippen LogP contribution in [0, 0.1) is 0 Å². The van der Waals surface area contributed by atoms with Crippen LogP contribution in [0.5, 0.6) is 5.75 Å². The van der Waals surface area contributed by atoms with Crippen molar-refractivity contribution in [2.24, 2.45) is 0 Å². The molecule has 1 saturated heterocycles. The van der Waals surface area contributed by atoms with Gasteiger partial charge in [-0.25, -0.2) is 9.69 Å². The Morgan fingerprint density at radius 1 is 1.40 bits per heavy atom. The molecule has 1 aromatic carbocycles. The molecule has 3 rings (SSSR count). The molecular weight excluding hydrogens is 476 g/mol. The van der Waals surface area contributed by atoms with E-state index in [9.17, 15) is 9.90 Å². The van der Waals surface area contributed by atoms with Gasteiger partial charge in [0.05, 0.1) is 6.54 Å². The quantitative estimate of drug-likeness (QED) is 0.626. The van der Waals surface area contributed by atoms with Crippen molar-refractivity contribution in [2.45, 2.75) is 18.8 Å². The minimum atomic E-state index is -0.916. The standard InChI is InChI=1S/C15H16Br2N4O3S/c1-20-8-12(22)21(15(20)23)14-19-18-13(25-14)11(6-7-16)24-10-4-2-9(17)3-5-10/h2-5,11-12,22H,6-8H2,1H3.